The monoisotopic (exact) mass is 402 g/mol. The molecule has 1 N–H and O–H groups in total. The number of nitrogens with zero attached hydrogens (tertiary/aromatic N) is 1. The molecule has 0 atom stereocenters. The van der Waals surface area contributed by atoms with Gasteiger partial charge in [0, 0.05) is 11.3 Å². The summed E-state index contributed by atoms with van der Waals surface area (Å²) in [5.74, 6) is -1.21. The van der Waals surface area contributed by atoms with Gasteiger partial charge in [0.1, 0.15) is 5.82 Å². The molecule has 2 aromatic rings. The summed E-state index contributed by atoms with van der Waals surface area (Å²) in [6.45, 7) is 6.35. The molecule has 0 fully saturated rings. The molecule has 1 aliphatic heterocycles. The van der Waals surface area contributed by atoms with E-state index in [4.69, 9.17) is 0 Å². The van der Waals surface area contributed by atoms with Crippen LogP contribution < -0.4 is 10.2 Å². The molecule has 146 valence electrons. The van der Waals surface area contributed by atoms with E-state index >= 15 is 0 Å². The summed E-state index contributed by atoms with van der Waals surface area (Å²) in [4.78, 5) is 26.8. The highest BCUT2D eigenvalue weighted by Gasteiger charge is 2.51. The molecular weight excluding hydrogens is 382 g/mol. The highest BCUT2D eigenvalue weighted by molar-refractivity contribution is 7.33. The molecule has 0 radical (unpaired) electrons. The van der Waals surface area contributed by atoms with E-state index in [1.165, 1.54) is 49.1 Å². The first-order valence-electron chi connectivity index (χ1n) is 8.67. The predicted octanol–water partition coefficient (Wildman–Crippen LogP) is 4.61. The SMILES string of the molecule is CC1(C)C(=O)N(C(C)(C)P(=O)=O)c2cc(C(=O)Nc3ccc(F)cc3)ccc21. The van der Waals surface area contributed by atoms with Crippen LogP contribution in [0.25, 0.3) is 0 Å². The molecule has 8 heteroatoms. The molecule has 0 bridgehead atoms. The van der Waals surface area contributed by atoms with Crippen molar-refractivity contribution in [1.29, 1.82) is 0 Å². The molecule has 0 spiro atoms. The number of rotatable bonds is 4. The van der Waals surface area contributed by atoms with Crippen molar-refractivity contribution in [3.8, 4) is 0 Å². The largest absolute Gasteiger partial charge is 0.341 e. The first-order valence-corrected chi connectivity index (χ1v) is 9.84. The maximum Gasteiger partial charge on any atom is 0.341 e. The van der Waals surface area contributed by atoms with Crippen molar-refractivity contribution in [2.75, 3.05) is 10.2 Å². The predicted molar refractivity (Wildman–Crippen MR) is 104 cm³/mol. The average molecular weight is 402 g/mol. The zero-order valence-electron chi connectivity index (χ0n) is 15.9. The average Bonchev–Trinajstić information content (AvgIpc) is 2.83. The Hall–Kier alpha value is -2.79. The third-order valence-corrected chi connectivity index (χ3v) is 6.10. The molecule has 0 saturated carbocycles. The van der Waals surface area contributed by atoms with E-state index in [9.17, 15) is 23.1 Å². The van der Waals surface area contributed by atoms with Crippen LogP contribution in [-0.4, -0.2) is 17.1 Å². The summed E-state index contributed by atoms with van der Waals surface area (Å²) in [6.07, 6.45) is 0. The van der Waals surface area contributed by atoms with Gasteiger partial charge in [0.25, 0.3) is 5.91 Å². The van der Waals surface area contributed by atoms with Gasteiger partial charge in [-0.15, -0.1) is 0 Å². The van der Waals surface area contributed by atoms with Crippen LogP contribution in [0.5, 0.6) is 0 Å². The number of halogens is 1. The Labute approximate surface area is 162 Å². The third-order valence-electron chi connectivity index (χ3n) is 5.01. The first-order chi connectivity index (χ1) is 13.0. The normalized spacial score (nSPS) is 15.3. The maximum atomic E-state index is 13.0. The molecule has 6 nitrogen and oxygen atoms in total. The molecule has 1 aliphatic rings. The zero-order valence-corrected chi connectivity index (χ0v) is 16.8. The minimum atomic E-state index is -2.95. The number of hydrogen-bond donors (Lipinski definition) is 1. The molecule has 1 heterocycles. The van der Waals surface area contributed by atoms with Gasteiger partial charge in [0.15, 0.2) is 5.28 Å². The van der Waals surface area contributed by atoms with Gasteiger partial charge in [-0.05, 0) is 69.7 Å². The Morgan fingerprint density at radius 3 is 2.29 bits per heavy atom. The van der Waals surface area contributed by atoms with Crippen LogP contribution in [-0.2, 0) is 19.3 Å². The van der Waals surface area contributed by atoms with E-state index in [0.717, 1.165) is 0 Å². The molecule has 2 amide bonds. The summed E-state index contributed by atoms with van der Waals surface area (Å²) in [5, 5.41) is 1.21. The van der Waals surface area contributed by atoms with Crippen LogP contribution in [0.3, 0.4) is 0 Å². The molecular formula is C20H20FN2O4P. The second kappa shape index (κ2) is 6.67. The topological polar surface area (TPSA) is 83.6 Å². The molecule has 3 rings (SSSR count). The van der Waals surface area contributed by atoms with Crippen molar-refractivity contribution < 1.29 is 23.1 Å². The highest BCUT2D eigenvalue weighted by Crippen LogP contribution is 2.48. The number of anilines is 2. The van der Waals surface area contributed by atoms with E-state index in [0.29, 0.717) is 16.9 Å². The summed E-state index contributed by atoms with van der Waals surface area (Å²) >= 11 is 0. The molecule has 0 aliphatic carbocycles. The third kappa shape index (κ3) is 3.16. The van der Waals surface area contributed by atoms with Crippen molar-refractivity contribution >= 4 is 30.9 Å². The second-order valence-corrected chi connectivity index (χ2v) is 9.32. The molecule has 28 heavy (non-hydrogen) atoms. The first kappa shape index (κ1) is 20.0. The van der Waals surface area contributed by atoms with Crippen LogP contribution in [0.1, 0.15) is 43.6 Å². The lowest BCUT2D eigenvalue weighted by Gasteiger charge is -2.30. The smallest absolute Gasteiger partial charge is 0.322 e. The Morgan fingerprint density at radius 1 is 1.11 bits per heavy atom. The molecule has 0 unspecified atom stereocenters. The Bertz CT molecular complexity index is 1030. The maximum absolute atomic E-state index is 13.0. The van der Waals surface area contributed by atoms with Gasteiger partial charge in [-0.25, -0.2) is 13.5 Å². The quantitative estimate of drug-likeness (QED) is 0.757. The number of nitrogens with one attached hydrogen (secondary N) is 1. The standard InChI is InChI=1S/C20H20FN2O4P/c1-19(2)15-10-5-12(17(24)22-14-8-6-13(21)7-9-14)11-16(15)23(18(19)25)20(3,4)28(26)27/h5-11H,1-4H3,(H,22,24). The van der Waals surface area contributed by atoms with Gasteiger partial charge in [-0.2, -0.15) is 0 Å². The second-order valence-electron chi connectivity index (χ2n) is 7.71. The van der Waals surface area contributed by atoms with Gasteiger partial charge in [0.05, 0.1) is 11.1 Å². The lowest BCUT2D eigenvalue weighted by atomic mass is 9.86. The molecule has 0 saturated heterocycles. The number of carbonyl (C=O) groups is 2. The number of benzene rings is 2. The van der Waals surface area contributed by atoms with Gasteiger partial charge in [0.2, 0.25) is 5.91 Å². The fourth-order valence-corrected chi connectivity index (χ4v) is 3.61. The molecule has 2 aromatic carbocycles. The fraction of sp³-hybridized carbons (Fsp3) is 0.300. The zero-order chi connectivity index (χ0) is 20.9. The number of hydrogen-bond acceptors (Lipinski definition) is 4. The van der Waals surface area contributed by atoms with Crippen LogP contribution in [0, 0.1) is 5.82 Å². The van der Waals surface area contributed by atoms with Gasteiger partial charge in [-0.1, -0.05) is 6.07 Å². The van der Waals surface area contributed by atoms with Crippen molar-refractivity contribution in [2.45, 2.75) is 38.4 Å². The summed E-state index contributed by atoms with van der Waals surface area (Å²) < 4.78 is 36.6. The Kier molecular flexibility index (Phi) is 4.76. The van der Waals surface area contributed by atoms with Crippen molar-refractivity contribution in [3.05, 3.63) is 59.4 Å². The van der Waals surface area contributed by atoms with E-state index < -0.39 is 30.1 Å². The van der Waals surface area contributed by atoms with E-state index in [2.05, 4.69) is 5.32 Å². The van der Waals surface area contributed by atoms with Gasteiger partial charge in [-0.3, -0.25) is 14.5 Å². The van der Waals surface area contributed by atoms with Crippen molar-refractivity contribution in [1.82, 2.24) is 0 Å². The summed E-state index contributed by atoms with van der Waals surface area (Å²) in [5.41, 5.74) is 0.814. The summed E-state index contributed by atoms with van der Waals surface area (Å²) in [7, 11) is -2.95. The lowest BCUT2D eigenvalue weighted by Crippen LogP contribution is -2.46. The lowest BCUT2D eigenvalue weighted by molar-refractivity contribution is -0.122. The minimum Gasteiger partial charge on any atom is -0.322 e. The van der Waals surface area contributed by atoms with Crippen LogP contribution >= 0.6 is 7.68 Å². The number of carbonyl (C=O) groups excluding carboxylic acids is 2. The van der Waals surface area contributed by atoms with Crippen LogP contribution in [0.2, 0.25) is 0 Å². The Morgan fingerprint density at radius 2 is 1.71 bits per heavy atom. The highest BCUT2D eigenvalue weighted by atomic mass is 31.1. The van der Waals surface area contributed by atoms with Crippen LogP contribution in [0.15, 0.2) is 42.5 Å². The van der Waals surface area contributed by atoms with Crippen LogP contribution in [0.4, 0.5) is 15.8 Å². The van der Waals surface area contributed by atoms with Gasteiger partial charge >= 0.3 is 7.68 Å². The van der Waals surface area contributed by atoms with E-state index in [1.807, 2.05) is 0 Å². The molecule has 0 aromatic heterocycles. The van der Waals surface area contributed by atoms with Crippen molar-refractivity contribution in [2.24, 2.45) is 0 Å². The Balaban J connectivity index is 2.03. The fourth-order valence-electron chi connectivity index (χ4n) is 3.25. The van der Waals surface area contributed by atoms with Crippen molar-refractivity contribution in [3.63, 3.8) is 0 Å². The number of fused-ring (bicyclic) bond motifs is 1. The van der Waals surface area contributed by atoms with Gasteiger partial charge < -0.3 is 5.32 Å². The summed E-state index contributed by atoms with van der Waals surface area (Å²) in [6, 6.07) is 10.1. The minimum absolute atomic E-state index is 0.260. The van der Waals surface area contributed by atoms with E-state index in [-0.39, 0.29) is 11.5 Å². The van der Waals surface area contributed by atoms with E-state index in [1.54, 1.807) is 26.0 Å². The number of amides is 2.